The highest BCUT2D eigenvalue weighted by atomic mass is 32.1. The van der Waals surface area contributed by atoms with Crippen LogP contribution in [0.2, 0.25) is 0 Å². The lowest BCUT2D eigenvalue weighted by Crippen LogP contribution is -2.52. The summed E-state index contributed by atoms with van der Waals surface area (Å²) >= 11 is 7.34. The van der Waals surface area contributed by atoms with Gasteiger partial charge in [-0.25, -0.2) is 4.39 Å². The normalized spacial score (nSPS) is 16.5. The second-order valence-corrected chi connectivity index (χ2v) is 9.08. The Morgan fingerprint density at radius 3 is 2.35 bits per heavy atom. The van der Waals surface area contributed by atoms with Gasteiger partial charge in [0.2, 0.25) is 0 Å². The first kappa shape index (κ1) is 21.7. The van der Waals surface area contributed by atoms with E-state index >= 15 is 0 Å². The van der Waals surface area contributed by atoms with Gasteiger partial charge in [-0.1, -0.05) is 36.4 Å². The minimum Gasteiger partial charge on any atom is -0.367 e. The highest BCUT2D eigenvalue weighted by Crippen LogP contribution is 2.30. The minimum absolute atomic E-state index is 0.113. The second kappa shape index (κ2) is 10.2. The molecule has 7 heteroatoms. The van der Waals surface area contributed by atoms with Crippen LogP contribution in [0.5, 0.6) is 0 Å². The van der Waals surface area contributed by atoms with Crippen LogP contribution in [-0.2, 0) is 0 Å². The number of hydrogen-bond acceptors (Lipinski definition) is 4. The van der Waals surface area contributed by atoms with E-state index in [0.717, 1.165) is 31.9 Å². The maximum absolute atomic E-state index is 14.2. The van der Waals surface area contributed by atoms with E-state index < -0.39 is 0 Å². The molecule has 1 saturated heterocycles. The van der Waals surface area contributed by atoms with Gasteiger partial charge in [0.25, 0.3) is 0 Å². The number of piperazine rings is 1. The fourth-order valence-electron chi connectivity index (χ4n) is 4.13. The largest absolute Gasteiger partial charge is 0.367 e. The standard InChI is InChI=1S/C24H27FN4S2/c1-18(26-24(30)27-19-8-3-2-4-9-19)23(22-12-7-17-31-22)29-15-13-28(14-16-29)21-11-6-5-10-20(21)25/h2-12,17-18,23H,13-16H2,1H3,(H2,26,27,30)/t18-,23-/m1/s1. The Kier molecular flexibility index (Phi) is 7.17. The zero-order chi connectivity index (χ0) is 21.6. The predicted octanol–water partition coefficient (Wildman–Crippen LogP) is 5.13. The van der Waals surface area contributed by atoms with Crippen LogP contribution in [0.25, 0.3) is 0 Å². The Morgan fingerprint density at radius 1 is 0.968 bits per heavy atom. The Morgan fingerprint density at radius 2 is 1.68 bits per heavy atom. The number of rotatable bonds is 6. The first-order valence-electron chi connectivity index (χ1n) is 10.5. The molecule has 1 fully saturated rings. The summed E-state index contributed by atoms with van der Waals surface area (Å²) in [4.78, 5) is 5.92. The van der Waals surface area contributed by atoms with Crippen molar-refractivity contribution >= 4 is 40.0 Å². The summed E-state index contributed by atoms with van der Waals surface area (Å²) in [5.74, 6) is -0.155. The van der Waals surface area contributed by atoms with Crippen molar-refractivity contribution in [2.75, 3.05) is 36.4 Å². The van der Waals surface area contributed by atoms with Crippen molar-refractivity contribution in [2.24, 2.45) is 0 Å². The first-order valence-corrected chi connectivity index (χ1v) is 11.8. The van der Waals surface area contributed by atoms with Gasteiger partial charge in [0, 0.05) is 42.8 Å². The van der Waals surface area contributed by atoms with E-state index in [0.29, 0.717) is 10.8 Å². The van der Waals surface area contributed by atoms with E-state index in [1.807, 2.05) is 42.5 Å². The van der Waals surface area contributed by atoms with Crippen LogP contribution in [0.3, 0.4) is 0 Å². The second-order valence-electron chi connectivity index (χ2n) is 7.69. The number of para-hydroxylation sites is 2. The fourth-order valence-corrected chi connectivity index (χ4v) is 5.39. The van der Waals surface area contributed by atoms with Crippen molar-refractivity contribution in [3.8, 4) is 0 Å². The van der Waals surface area contributed by atoms with Gasteiger partial charge < -0.3 is 15.5 Å². The lowest BCUT2D eigenvalue weighted by molar-refractivity contribution is 0.163. The van der Waals surface area contributed by atoms with Crippen molar-refractivity contribution in [1.82, 2.24) is 10.2 Å². The van der Waals surface area contributed by atoms with E-state index in [-0.39, 0.29) is 17.9 Å². The summed E-state index contributed by atoms with van der Waals surface area (Å²) in [6, 6.07) is 21.6. The lowest BCUT2D eigenvalue weighted by Gasteiger charge is -2.42. The number of thiocarbonyl (C=S) groups is 1. The third-order valence-corrected chi connectivity index (χ3v) is 6.76. The molecule has 0 amide bonds. The molecule has 0 unspecified atom stereocenters. The molecule has 4 rings (SSSR count). The summed E-state index contributed by atoms with van der Waals surface area (Å²) in [6.45, 7) is 5.49. The highest BCUT2D eigenvalue weighted by molar-refractivity contribution is 7.80. The van der Waals surface area contributed by atoms with Crippen molar-refractivity contribution in [3.05, 3.63) is 82.8 Å². The van der Waals surface area contributed by atoms with E-state index in [1.165, 1.54) is 10.9 Å². The third kappa shape index (κ3) is 5.42. The zero-order valence-electron chi connectivity index (χ0n) is 17.5. The van der Waals surface area contributed by atoms with Gasteiger partial charge >= 0.3 is 0 Å². The molecule has 1 aliphatic rings. The third-order valence-electron chi connectivity index (χ3n) is 5.60. The molecule has 2 heterocycles. The number of halogens is 1. The van der Waals surface area contributed by atoms with Crippen LogP contribution >= 0.6 is 23.6 Å². The zero-order valence-corrected chi connectivity index (χ0v) is 19.1. The summed E-state index contributed by atoms with van der Waals surface area (Å²) in [6.07, 6.45) is 0. The van der Waals surface area contributed by atoms with E-state index in [2.05, 4.69) is 44.9 Å². The molecule has 162 valence electrons. The van der Waals surface area contributed by atoms with Crippen molar-refractivity contribution in [3.63, 3.8) is 0 Å². The number of nitrogens with zero attached hydrogens (tertiary/aromatic N) is 2. The molecular weight excluding hydrogens is 427 g/mol. The smallest absolute Gasteiger partial charge is 0.171 e. The Hall–Kier alpha value is -2.48. The lowest BCUT2D eigenvalue weighted by atomic mass is 10.0. The topological polar surface area (TPSA) is 30.5 Å². The average molecular weight is 455 g/mol. The average Bonchev–Trinajstić information content (AvgIpc) is 3.30. The molecular formula is C24H27FN4S2. The number of benzene rings is 2. The molecule has 3 aromatic rings. The SMILES string of the molecule is C[C@@H](NC(=S)Nc1ccccc1)[C@H](c1cccs1)N1CCN(c2ccccc2F)CC1. The van der Waals surface area contributed by atoms with E-state index in [1.54, 1.807) is 17.4 Å². The van der Waals surface area contributed by atoms with Gasteiger partial charge in [0.15, 0.2) is 5.11 Å². The number of thiophene rings is 1. The van der Waals surface area contributed by atoms with Crippen molar-refractivity contribution in [1.29, 1.82) is 0 Å². The van der Waals surface area contributed by atoms with Crippen LogP contribution in [0.4, 0.5) is 15.8 Å². The predicted molar refractivity (Wildman–Crippen MR) is 133 cm³/mol. The summed E-state index contributed by atoms with van der Waals surface area (Å²) < 4.78 is 14.2. The molecule has 0 bridgehead atoms. The quantitative estimate of drug-likeness (QED) is 0.505. The highest BCUT2D eigenvalue weighted by Gasteiger charge is 2.31. The Balaban J connectivity index is 1.42. The van der Waals surface area contributed by atoms with Gasteiger partial charge in [0.05, 0.1) is 11.7 Å². The van der Waals surface area contributed by atoms with Crippen LogP contribution < -0.4 is 15.5 Å². The van der Waals surface area contributed by atoms with Crippen molar-refractivity contribution in [2.45, 2.75) is 19.0 Å². The van der Waals surface area contributed by atoms with Crippen LogP contribution in [0.15, 0.2) is 72.1 Å². The molecule has 0 spiro atoms. The van der Waals surface area contributed by atoms with Gasteiger partial charge in [-0.15, -0.1) is 11.3 Å². The maximum Gasteiger partial charge on any atom is 0.171 e. The van der Waals surface area contributed by atoms with Crippen LogP contribution in [-0.4, -0.2) is 42.2 Å². The van der Waals surface area contributed by atoms with Gasteiger partial charge in [-0.05, 0) is 54.9 Å². The number of hydrogen-bond donors (Lipinski definition) is 2. The Labute approximate surface area is 192 Å². The Bertz CT molecular complexity index is 972. The molecule has 31 heavy (non-hydrogen) atoms. The molecule has 0 saturated carbocycles. The van der Waals surface area contributed by atoms with Gasteiger partial charge in [0.1, 0.15) is 5.82 Å². The molecule has 0 aliphatic carbocycles. The molecule has 2 N–H and O–H groups in total. The molecule has 0 radical (unpaired) electrons. The molecule has 4 nitrogen and oxygen atoms in total. The van der Waals surface area contributed by atoms with Gasteiger partial charge in [-0.3, -0.25) is 4.90 Å². The number of nitrogens with one attached hydrogen (secondary N) is 2. The summed E-state index contributed by atoms with van der Waals surface area (Å²) in [7, 11) is 0. The van der Waals surface area contributed by atoms with Crippen LogP contribution in [0.1, 0.15) is 17.8 Å². The van der Waals surface area contributed by atoms with Crippen LogP contribution in [0, 0.1) is 5.82 Å². The number of anilines is 2. The van der Waals surface area contributed by atoms with Gasteiger partial charge in [-0.2, -0.15) is 0 Å². The molecule has 2 aromatic carbocycles. The maximum atomic E-state index is 14.2. The minimum atomic E-state index is -0.155. The monoisotopic (exact) mass is 454 g/mol. The van der Waals surface area contributed by atoms with Crippen molar-refractivity contribution < 1.29 is 4.39 Å². The van der Waals surface area contributed by atoms with E-state index in [4.69, 9.17) is 12.2 Å². The molecule has 1 aromatic heterocycles. The van der Waals surface area contributed by atoms with E-state index in [9.17, 15) is 4.39 Å². The molecule has 1 aliphatic heterocycles. The summed E-state index contributed by atoms with van der Waals surface area (Å²) in [5.41, 5.74) is 1.66. The molecule has 2 atom stereocenters. The summed E-state index contributed by atoms with van der Waals surface area (Å²) in [5, 5.41) is 9.48. The fraction of sp³-hybridized carbons (Fsp3) is 0.292. The first-order chi connectivity index (χ1) is 15.1.